The monoisotopic (exact) mass is 267 g/mol. The van der Waals surface area contributed by atoms with Crippen LogP contribution in [0.1, 0.15) is 19.8 Å². The van der Waals surface area contributed by atoms with Crippen molar-refractivity contribution in [2.45, 2.75) is 25.8 Å². The second-order valence-electron chi connectivity index (χ2n) is 2.30. The molecule has 0 bridgehead atoms. The number of rotatable bonds is 6. The average Bonchev–Trinajstić information content (AvgIpc) is 1.90. The van der Waals surface area contributed by atoms with Gasteiger partial charge in [-0.15, -0.1) is 37.1 Å². The Morgan fingerprint density at radius 2 is 1.73 bits per heavy atom. The van der Waals surface area contributed by atoms with Crippen LogP contribution in [-0.2, 0) is 0 Å². The first-order valence-corrected chi connectivity index (χ1v) is 3.80. The molecule has 0 aromatic rings. The molecule has 0 saturated heterocycles. The van der Waals surface area contributed by atoms with Crippen molar-refractivity contribution in [2.75, 3.05) is 6.54 Å². The van der Waals surface area contributed by atoms with Crippen molar-refractivity contribution in [3.8, 4) is 0 Å². The maximum Gasteiger partial charge on any atom is 0.0136 e. The van der Waals surface area contributed by atoms with Gasteiger partial charge in [0, 0.05) is 6.04 Å². The largest absolute Gasteiger partial charge is 0.314 e. The van der Waals surface area contributed by atoms with Crippen molar-refractivity contribution < 1.29 is 0 Å². The molecule has 1 N–H and O–H groups in total. The lowest BCUT2D eigenvalue weighted by Gasteiger charge is -2.12. The van der Waals surface area contributed by atoms with Gasteiger partial charge in [-0.05, 0) is 19.4 Å². The fourth-order valence-electron chi connectivity index (χ4n) is 0.954. The summed E-state index contributed by atoms with van der Waals surface area (Å²) in [5, 5.41) is 3.34. The summed E-state index contributed by atoms with van der Waals surface area (Å²) < 4.78 is 0. The van der Waals surface area contributed by atoms with Crippen LogP contribution in [0, 0.1) is 0 Å². The molecule has 0 aromatic heterocycles. The fraction of sp³-hybridized carbons (Fsp3) is 0.556. The Kier molecular flexibility index (Phi) is 12.7. The second kappa shape index (κ2) is 10.2. The first-order chi connectivity index (χ1) is 4.85. The number of nitrogens with one attached hydrogen (secondary N) is 1. The maximum atomic E-state index is 3.69. The fourth-order valence-corrected chi connectivity index (χ4v) is 0.954. The predicted octanol–water partition coefficient (Wildman–Crippen LogP) is 2.73. The molecule has 66 valence electrons. The molecule has 0 atom stereocenters. The van der Waals surface area contributed by atoms with Gasteiger partial charge in [-0.2, -0.15) is 0 Å². The zero-order valence-corrected chi connectivity index (χ0v) is 9.51. The van der Waals surface area contributed by atoms with Crippen LogP contribution in [0.5, 0.6) is 0 Å². The molecule has 11 heavy (non-hydrogen) atoms. The van der Waals surface area contributed by atoms with Crippen LogP contribution in [0.3, 0.4) is 0 Å². The van der Waals surface area contributed by atoms with E-state index in [1.54, 1.807) is 0 Å². The van der Waals surface area contributed by atoms with Crippen LogP contribution < -0.4 is 5.32 Å². The van der Waals surface area contributed by atoms with Crippen molar-refractivity contribution in [1.29, 1.82) is 0 Å². The lowest BCUT2D eigenvalue weighted by atomic mass is 10.1. The van der Waals surface area contributed by atoms with Crippen LogP contribution in [-0.4, -0.2) is 12.6 Å². The van der Waals surface area contributed by atoms with Crippen molar-refractivity contribution in [2.24, 2.45) is 0 Å². The van der Waals surface area contributed by atoms with E-state index in [-0.39, 0.29) is 24.0 Å². The molecule has 0 spiro atoms. The Hall–Kier alpha value is 0.170. The topological polar surface area (TPSA) is 12.0 Å². The Morgan fingerprint density at radius 3 is 2.00 bits per heavy atom. The second-order valence-corrected chi connectivity index (χ2v) is 2.30. The van der Waals surface area contributed by atoms with Crippen LogP contribution in [0.2, 0.25) is 0 Å². The Labute approximate surface area is 87.0 Å². The molecular formula is C9H18IN. The van der Waals surface area contributed by atoms with Gasteiger partial charge in [-0.1, -0.05) is 19.1 Å². The van der Waals surface area contributed by atoms with E-state index >= 15 is 0 Å². The summed E-state index contributed by atoms with van der Waals surface area (Å²) in [6.07, 6.45) is 5.94. The molecule has 0 aromatic carbocycles. The predicted molar refractivity (Wildman–Crippen MR) is 62.5 cm³/mol. The highest BCUT2D eigenvalue weighted by atomic mass is 127. The normalized spacial score (nSPS) is 8.91. The quantitative estimate of drug-likeness (QED) is 0.576. The highest BCUT2D eigenvalue weighted by molar-refractivity contribution is 14.0. The Morgan fingerprint density at radius 1 is 1.27 bits per heavy atom. The minimum Gasteiger partial charge on any atom is -0.314 e. The molecule has 0 aliphatic rings. The van der Waals surface area contributed by atoms with Crippen LogP contribution in [0.25, 0.3) is 0 Å². The van der Waals surface area contributed by atoms with Gasteiger partial charge in [0.2, 0.25) is 0 Å². The van der Waals surface area contributed by atoms with Crippen LogP contribution in [0.15, 0.2) is 25.3 Å². The third-order valence-corrected chi connectivity index (χ3v) is 1.40. The lowest BCUT2D eigenvalue weighted by molar-refractivity contribution is 0.538. The summed E-state index contributed by atoms with van der Waals surface area (Å²) in [5.41, 5.74) is 0. The van der Waals surface area contributed by atoms with E-state index in [0.717, 1.165) is 19.4 Å². The summed E-state index contributed by atoms with van der Waals surface area (Å²) >= 11 is 0. The Bertz CT molecular complexity index is 91.7. The minimum absolute atomic E-state index is 0. The summed E-state index contributed by atoms with van der Waals surface area (Å²) in [4.78, 5) is 0. The third-order valence-electron chi connectivity index (χ3n) is 1.40. The van der Waals surface area contributed by atoms with E-state index in [2.05, 4.69) is 25.4 Å². The van der Waals surface area contributed by atoms with E-state index in [9.17, 15) is 0 Å². The molecule has 0 aliphatic carbocycles. The summed E-state index contributed by atoms with van der Waals surface area (Å²) in [7, 11) is 0. The third kappa shape index (κ3) is 8.07. The SMILES string of the molecule is C=CCC(CC=C)NCC.I. The zero-order chi connectivity index (χ0) is 7.82. The molecule has 0 aliphatic heterocycles. The van der Waals surface area contributed by atoms with Crippen LogP contribution in [0.4, 0.5) is 0 Å². The van der Waals surface area contributed by atoms with Crippen LogP contribution >= 0.6 is 24.0 Å². The van der Waals surface area contributed by atoms with Gasteiger partial charge in [0.1, 0.15) is 0 Å². The Balaban J connectivity index is 0. The minimum atomic E-state index is 0. The molecule has 0 saturated carbocycles. The number of hydrogen-bond acceptors (Lipinski definition) is 1. The van der Waals surface area contributed by atoms with Crippen molar-refractivity contribution in [3.05, 3.63) is 25.3 Å². The lowest BCUT2D eigenvalue weighted by Crippen LogP contribution is -2.27. The van der Waals surface area contributed by atoms with E-state index in [1.165, 1.54) is 0 Å². The maximum absolute atomic E-state index is 3.69. The molecule has 1 nitrogen and oxygen atoms in total. The molecule has 0 rings (SSSR count). The number of hydrogen-bond donors (Lipinski definition) is 1. The highest BCUT2D eigenvalue weighted by Crippen LogP contribution is 1.98. The van der Waals surface area contributed by atoms with Gasteiger partial charge < -0.3 is 5.32 Å². The first kappa shape index (κ1) is 13.7. The van der Waals surface area contributed by atoms with Crippen molar-refractivity contribution in [1.82, 2.24) is 5.32 Å². The number of halogens is 1. The molecule has 2 heteroatoms. The molecular weight excluding hydrogens is 249 g/mol. The van der Waals surface area contributed by atoms with Gasteiger partial charge in [0.05, 0.1) is 0 Å². The van der Waals surface area contributed by atoms with E-state index in [4.69, 9.17) is 0 Å². The van der Waals surface area contributed by atoms with Gasteiger partial charge in [-0.3, -0.25) is 0 Å². The molecule has 0 radical (unpaired) electrons. The van der Waals surface area contributed by atoms with Gasteiger partial charge in [0.15, 0.2) is 0 Å². The van der Waals surface area contributed by atoms with Crippen molar-refractivity contribution in [3.63, 3.8) is 0 Å². The van der Waals surface area contributed by atoms with E-state index in [0.29, 0.717) is 6.04 Å². The zero-order valence-electron chi connectivity index (χ0n) is 7.18. The molecule has 0 fully saturated rings. The van der Waals surface area contributed by atoms with Gasteiger partial charge in [-0.25, -0.2) is 0 Å². The molecule has 0 unspecified atom stereocenters. The summed E-state index contributed by atoms with van der Waals surface area (Å²) in [6.45, 7) is 10.5. The molecule has 0 amide bonds. The van der Waals surface area contributed by atoms with Gasteiger partial charge in [0.25, 0.3) is 0 Å². The summed E-state index contributed by atoms with van der Waals surface area (Å²) in [6, 6.07) is 0.542. The standard InChI is InChI=1S/C9H17N.HI/c1-4-7-9(8-5-2)10-6-3;/h4-5,9-10H,1-2,6-8H2,3H3;1H. The van der Waals surface area contributed by atoms with Gasteiger partial charge >= 0.3 is 0 Å². The average molecular weight is 267 g/mol. The highest BCUT2D eigenvalue weighted by Gasteiger charge is 1.99. The van der Waals surface area contributed by atoms with Crippen molar-refractivity contribution >= 4 is 24.0 Å². The first-order valence-electron chi connectivity index (χ1n) is 3.80. The smallest absolute Gasteiger partial charge is 0.0136 e. The molecule has 0 heterocycles. The summed E-state index contributed by atoms with van der Waals surface area (Å²) in [5.74, 6) is 0. The van der Waals surface area contributed by atoms with E-state index in [1.807, 2.05) is 12.2 Å². The van der Waals surface area contributed by atoms with E-state index < -0.39 is 0 Å².